The molecule has 2 N–H and O–H groups in total. The molecule has 1 heterocycles. The van der Waals surface area contributed by atoms with Gasteiger partial charge < -0.3 is 19.9 Å². The van der Waals surface area contributed by atoms with E-state index in [1.807, 2.05) is 6.07 Å². The third-order valence-electron chi connectivity index (χ3n) is 2.46. The van der Waals surface area contributed by atoms with Gasteiger partial charge in [0.15, 0.2) is 18.1 Å². The van der Waals surface area contributed by atoms with Gasteiger partial charge in [0.25, 0.3) is 0 Å². The number of amidine groups is 1. The lowest BCUT2D eigenvalue weighted by Crippen LogP contribution is -2.19. The number of hydrogen-bond acceptors (Lipinski definition) is 5. The first-order chi connectivity index (χ1) is 8.70. The molecule has 0 saturated carbocycles. The first kappa shape index (κ1) is 12.2. The number of rotatable bonds is 5. The van der Waals surface area contributed by atoms with Gasteiger partial charge in [-0.3, -0.25) is 4.99 Å². The molecule has 0 fully saturated rings. The van der Waals surface area contributed by atoms with E-state index in [9.17, 15) is 4.79 Å². The lowest BCUT2D eigenvalue weighted by Gasteiger charge is -2.11. The quantitative estimate of drug-likeness (QED) is 0.795. The lowest BCUT2D eigenvalue weighted by molar-refractivity contribution is -0.139. The van der Waals surface area contributed by atoms with Crippen LogP contribution in [-0.4, -0.2) is 43.7 Å². The summed E-state index contributed by atoms with van der Waals surface area (Å²) in [7, 11) is 1.51. The summed E-state index contributed by atoms with van der Waals surface area (Å²) in [5.41, 5.74) is 0.895. The van der Waals surface area contributed by atoms with E-state index in [0.717, 1.165) is 24.5 Å². The standard InChI is InChI=1S/C12H14N2O4/c1-17-10-6-8(12-13-4-5-14-12)2-3-9(10)18-7-11(15)16/h2-3,6H,4-5,7H2,1H3,(H,13,14)(H,15,16). The van der Waals surface area contributed by atoms with Crippen molar-refractivity contribution in [2.24, 2.45) is 4.99 Å². The maximum atomic E-state index is 10.5. The number of carboxylic acids is 1. The maximum absolute atomic E-state index is 10.5. The predicted molar refractivity (Wildman–Crippen MR) is 65.5 cm³/mol. The van der Waals surface area contributed by atoms with E-state index in [1.54, 1.807) is 12.1 Å². The molecule has 1 aliphatic rings. The second-order valence-corrected chi connectivity index (χ2v) is 3.71. The van der Waals surface area contributed by atoms with Gasteiger partial charge in [0.1, 0.15) is 5.84 Å². The summed E-state index contributed by atoms with van der Waals surface area (Å²) in [4.78, 5) is 14.8. The smallest absolute Gasteiger partial charge is 0.341 e. The summed E-state index contributed by atoms with van der Waals surface area (Å²) in [6.07, 6.45) is 0. The van der Waals surface area contributed by atoms with Crippen molar-refractivity contribution in [2.45, 2.75) is 0 Å². The zero-order chi connectivity index (χ0) is 13.0. The average molecular weight is 250 g/mol. The molecule has 0 radical (unpaired) electrons. The predicted octanol–water partition coefficient (Wildman–Crippen LogP) is 0.508. The molecule has 6 heteroatoms. The molecule has 0 aromatic heterocycles. The van der Waals surface area contributed by atoms with Crippen LogP contribution in [0.3, 0.4) is 0 Å². The fraction of sp³-hybridized carbons (Fsp3) is 0.333. The Morgan fingerprint density at radius 3 is 2.94 bits per heavy atom. The SMILES string of the molecule is COc1cc(C2=NCCN2)ccc1OCC(=O)O. The minimum atomic E-state index is -1.03. The van der Waals surface area contributed by atoms with Crippen molar-refractivity contribution in [1.82, 2.24) is 5.32 Å². The van der Waals surface area contributed by atoms with Crippen molar-refractivity contribution >= 4 is 11.8 Å². The highest BCUT2D eigenvalue weighted by Crippen LogP contribution is 2.28. The van der Waals surface area contributed by atoms with Gasteiger partial charge >= 0.3 is 5.97 Å². The van der Waals surface area contributed by atoms with E-state index >= 15 is 0 Å². The van der Waals surface area contributed by atoms with Crippen LogP contribution in [0, 0.1) is 0 Å². The van der Waals surface area contributed by atoms with Crippen molar-refractivity contribution in [2.75, 3.05) is 26.8 Å². The van der Waals surface area contributed by atoms with Crippen LogP contribution in [0.4, 0.5) is 0 Å². The van der Waals surface area contributed by atoms with Crippen molar-refractivity contribution in [1.29, 1.82) is 0 Å². The number of carboxylic acid groups (broad SMARTS) is 1. The van der Waals surface area contributed by atoms with Gasteiger partial charge in [-0.2, -0.15) is 0 Å². The first-order valence-corrected chi connectivity index (χ1v) is 5.52. The molecule has 1 aromatic carbocycles. The second kappa shape index (κ2) is 5.39. The number of methoxy groups -OCH3 is 1. The molecule has 0 amide bonds. The molecule has 0 saturated heterocycles. The molecule has 0 atom stereocenters. The number of benzene rings is 1. The lowest BCUT2D eigenvalue weighted by atomic mass is 10.2. The maximum Gasteiger partial charge on any atom is 0.341 e. The third-order valence-corrected chi connectivity index (χ3v) is 2.46. The molecule has 6 nitrogen and oxygen atoms in total. The Balaban J connectivity index is 2.19. The monoisotopic (exact) mass is 250 g/mol. The molecular weight excluding hydrogens is 236 g/mol. The number of ether oxygens (including phenoxy) is 2. The molecule has 18 heavy (non-hydrogen) atoms. The normalized spacial score (nSPS) is 13.7. The fourth-order valence-corrected chi connectivity index (χ4v) is 1.66. The number of carbonyl (C=O) groups is 1. The Morgan fingerprint density at radius 1 is 1.50 bits per heavy atom. The molecule has 2 rings (SSSR count). The zero-order valence-electron chi connectivity index (χ0n) is 9.97. The summed E-state index contributed by atoms with van der Waals surface area (Å²) in [5, 5.41) is 11.7. The zero-order valence-corrected chi connectivity index (χ0v) is 9.97. The number of aliphatic imine (C=N–C) groups is 1. The van der Waals surface area contributed by atoms with Crippen LogP contribution in [0.15, 0.2) is 23.2 Å². The van der Waals surface area contributed by atoms with E-state index in [1.165, 1.54) is 7.11 Å². The van der Waals surface area contributed by atoms with Gasteiger partial charge in [-0.25, -0.2) is 4.79 Å². The highest BCUT2D eigenvalue weighted by Gasteiger charge is 2.12. The Kier molecular flexibility index (Phi) is 3.66. The highest BCUT2D eigenvalue weighted by molar-refractivity contribution is 6.00. The fourth-order valence-electron chi connectivity index (χ4n) is 1.66. The molecule has 1 aliphatic heterocycles. The van der Waals surface area contributed by atoms with Crippen molar-refractivity contribution in [3.05, 3.63) is 23.8 Å². The summed E-state index contributed by atoms with van der Waals surface area (Å²) in [6.45, 7) is 1.19. The number of aliphatic carboxylic acids is 1. The number of hydrogen-bond donors (Lipinski definition) is 2. The van der Waals surface area contributed by atoms with Crippen LogP contribution in [0.2, 0.25) is 0 Å². The summed E-state index contributed by atoms with van der Waals surface area (Å²) < 4.78 is 10.3. The third kappa shape index (κ3) is 2.71. The highest BCUT2D eigenvalue weighted by atomic mass is 16.5. The van der Waals surface area contributed by atoms with Crippen molar-refractivity contribution < 1.29 is 19.4 Å². The summed E-state index contributed by atoms with van der Waals surface area (Å²) >= 11 is 0. The average Bonchev–Trinajstić information content (AvgIpc) is 2.90. The first-order valence-electron chi connectivity index (χ1n) is 5.52. The van der Waals surface area contributed by atoms with Gasteiger partial charge in [-0.05, 0) is 18.2 Å². The van der Waals surface area contributed by atoms with E-state index in [0.29, 0.717) is 11.5 Å². The minimum absolute atomic E-state index is 0.394. The van der Waals surface area contributed by atoms with E-state index in [4.69, 9.17) is 14.6 Å². The molecule has 0 aliphatic carbocycles. The van der Waals surface area contributed by atoms with Gasteiger partial charge in [-0.1, -0.05) is 0 Å². The van der Waals surface area contributed by atoms with Crippen LogP contribution in [0.1, 0.15) is 5.56 Å². The molecule has 96 valence electrons. The topological polar surface area (TPSA) is 80.1 Å². The van der Waals surface area contributed by atoms with Gasteiger partial charge in [0.05, 0.1) is 13.7 Å². The number of nitrogens with zero attached hydrogens (tertiary/aromatic N) is 1. The Labute approximate surface area is 104 Å². The van der Waals surface area contributed by atoms with Crippen LogP contribution >= 0.6 is 0 Å². The number of nitrogens with one attached hydrogen (secondary N) is 1. The van der Waals surface area contributed by atoms with Crippen LogP contribution in [-0.2, 0) is 4.79 Å². The van der Waals surface area contributed by atoms with E-state index in [-0.39, 0.29) is 0 Å². The Bertz CT molecular complexity index is 485. The largest absolute Gasteiger partial charge is 0.493 e. The van der Waals surface area contributed by atoms with Gasteiger partial charge in [0, 0.05) is 12.1 Å². The van der Waals surface area contributed by atoms with Gasteiger partial charge in [-0.15, -0.1) is 0 Å². The molecule has 1 aromatic rings. The van der Waals surface area contributed by atoms with Crippen molar-refractivity contribution in [3.8, 4) is 11.5 Å². The molecule has 0 spiro atoms. The Morgan fingerprint density at radius 2 is 2.33 bits per heavy atom. The summed E-state index contributed by atoms with van der Waals surface area (Å²) in [5.74, 6) is 0.688. The molecule has 0 unspecified atom stereocenters. The second-order valence-electron chi connectivity index (χ2n) is 3.71. The van der Waals surface area contributed by atoms with E-state index < -0.39 is 12.6 Å². The van der Waals surface area contributed by atoms with Crippen LogP contribution in [0.25, 0.3) is 0 Å². The van der Waals surface area contributed by atoms with Crippen LogP contribution in [0.5, 0.6) is 11.5 Å². The van der Waals surface area contributed by atoms with Gasteiger partial charge in [0.2, 0.25) is 0 Å². The summed E-state index contributed by atoms with van der Waals surface area (Å²) in [6, 6.07) is 5.27. The van der Waals surface area contributed by atoms with Crippen LogP contribution < -0.4 is 14.8 Å². The van der Waals surface area contributed by atoms with Crippen molar-refractivity contribution in [3.63, 3.8) is 0 Å². The Hall–Kier alpha value is -2.24. The van der Waals surface area contributed by atoms with E-state index in [2.05, 4.69) is 10.3 Å². The molecule has 0 bridgehead atoms. The minimum Gasteiger partial charge on any atom is -0.493 e. The molecular formula is C12H14N2O4.